The first-order valence-electron chi connectivity index (χ1n) is 6.87. The second-order valence-electron chi connectivity index (χ2n) is 5.31. The first-order chi connectivity index (χ1) is 9.50. The Bertz CT molecular complexity index is 542. The summed E-state index contributed by atoms with van der Waals surface area (Å²) in [6, 6.07) is 6.60. The molecule has 5 nitrogen and oxygen atoms in total. The zero-order valence-corrected chi connectivity index (χ0v) is 12.7. The number of nitrogens with one attached hydrogen (secondary N) is 1. The molecule has 0 amide bonds. The van der Waals surface area contributed by atoms with Gasteiger partial charge in [-0.15, -0.1) is 0 Å². The van der Waals surface area contributed by atoms with Crippen molar-refractivity contribution in [2.24, 2.45) is 5.92 Å². The third-order valence-electron chi connectivity index (χ3n) is 3.93. The van der Waals surface area contributed by atoms with E-state index in [4.69, 9.17) is 0 Å². The zero-order chi connectivity index (χ0) is 14.8. The lowest BCUT2D eigenvalue weighted by molar-refractivity contribution is 0.191. The van der Waals surface area contributed by atoms with E-state index in [-0.39, 0.29) is 18.6 Å². The SMILES string of the molecule is CNCc1ccc(S(=O)(=O)N2CCC(C)C2CO)cc1. The van der Waals surface area contributed by atoms with E-state index in [1.54, 1.807) is 12.1 Å². The van der Waals surface area contributed by atoms with Gasteiger partial charge in [-0.3, -0.25) is 0 Å². The van der Waals surface area contributed by atoms with E-state index >= 15 is 0 Å². The Morgan fingerprint density at radius 2 is 2.00 bits per heavy atom. The van der Waals surface area contributed by atoms with Crippen LogP contribution in [0.3, 0.4) is 0 Å². The Morgan fingerprint density at radius 1 is 1.35 bits per heavy atom. The maximum atomic E-state index is 12.6. The highest BCUT2D eigenvalue weighted by Gasteiger charge is 2.38. The fourth-order valence-corrected chi connectivity index (χ4v) is 4.39. The lowest BCUT2D eigenvalue weighted by Gasteiger charge is -2.24. The van der Waals surface area contributed by atoms with Gasteiger partial charge < -0.3 is 10.4 Å². The Labute approximate surface area is 120 Å². The van der Waals surface area contributed by atoms with E-state index in [1.807, 2.05) is 26.1 Å². The lowest BCUT2D eigenvalue weighted by Crippen LogP contribution is -2.39. The minimum Gasteiger partial charge on any atom is -0.395 e. The molecule has 1 saturated heterocycles. The number of sulfonamides is 1. The number of hydrogen-bond donors (Lipinski definition) is 2. The van der Waals surface area contributed by atoms with Crippen LogP contribution in [-0.2, 0) is 16.6 Å². The smallest absolute Gasteiger partial charge is 0.243 e. The zero-order valence-electron chi connectivity index (χ0n) is 11.9. The second-order valence-corrected chi connectivity index (χ2v) is 7.20. The molecule has 2 unspecified atom stereocenters. The van der Waals surface area contributed by atoms with Gasteiger partial charge in [-0.2, -0.15) is 4.31 Å². The van der Waals surface area contributed by atoms with Crippen molar-refractivity contribution in [3.8, 4) is 0 Å². The number of benzene rings is 1. The van der Waals surface area contributed by atoms with E-state index in [1.165, 1.54) is 4.31 Å². The average molecular weight is 298 g/mol. The topological polar surface area (TPSA) is 69.6 Å². The molecule has 1 aromatic rings. The van der Waals surface area contributed by atoms with E-state index < -0.39 is 10.0 Å². The molecule has 0 radical (unpaired) electrons. The first kappa shape index (κ1) is 15.4. The van der Waals surface area contributed by atoms with Crippen LogP contribution < -0.4 is 5.32 Å². The highest BCUT2D eigenvalue weighted by atomic mass is 32.2. The van der Waals surface area contributed by atoms with Crippen LogP contribution in [0.2, 0.25) is 0 Å². The third kappa shape index (κ3) is 2.88. The molecular formula is C14H22N2O3S. The first-order valence-corrected chi connectivity index (χ1v) is 8.31. The van der Waals surface area contributed by atoms with Gasteiger partial charge in [-0.1, -0.05) is 19.1 Å². The highest BCUT2D eigenvalue weighted by molar-refractivity contribution is 7.89. The van der Waals surface area contributed by atoms with Crippen molar-refractivity contribution >= 4 is 10.0 Å². The largest absolute Gasteiger partial charge is 0.395 e. The number of aliphatic hydroxyl groups excluding tert-OH is 1. The summed E-state index contributed by atoms with van der Waals surface area (Å²) in [5, 5.41) is 12.4. The Kier molecular flexibility index (Phi) is 4.80. The molecule has 1 heterocycles. The normalized spacial score (nSPS) is 24.1. The minimum absolute atomic E-state index is 0.127. The molecule has 6 heteroatoms. The molecule has 2 atom stereocenters. The summed E-state index contributed by atoms with van der Waals surface area (Å²) in [5.41, 5.74) is 1.04. The van der Waals surface area contributed by atoms with E-state index in [9.17, 15) is 13.5 Å². The maximum Gasteiger partial charge on any atom is 0.243 e. The molecule has 1 aromatic carbocycles. The van der Waals surface area contributed by atoms with Gasteiger partial charge in [0.2, 0.25) is 10.0 Å². The van der Waals surface area contributed by atoms with Crippen molar-refractivity contribution in [3.63, 3.8) is 0 Å². The van der Waals surface area contributed by atoms with Crippen molar-refractivity contribution in [2.75, 3.05) is 20.2 Å². The monoisotopic (exact) mass is 298 g/mol. The van der Waals surface area contributed by atoms with Gasteiger partial charge in [0.15, 0.2) is 0 Å². The fraction of sp³-hybridized carbons (Fsp3) is 0.571. The molecule has 0 aromatic heterocycles. The van der Waals surface area contributed by atoms with E-state index in [2.05, 4.69) is 5.32 Å². The predicted molar refractivity (Wildman–Crippen MR) is 77.8 cm³/mol. The van der Waals surface area contributed by atoms with Gasteiger partial charge in [0.1, 0.15) is 0 Å². The summed E-state index contributed by atoms with van der Waals surface area (Å²) >= 11 is 0. The second kappa shape index (κ2) is 6.22. The minimum atomic E-state index is -3.51. The van der Waals surface area contributed by atoms with Crippen molar-refractivity contribution < 1.29 is 13.5 Å². The van der Waals surface area contributed by atoms with Crippen LogP contribution in [0.1, 0.15) is 18.9 Å². The summed E-state index contributed by atoms with van der Waals surface area (Å²) in [4.78, 5) is 0.296. The maximum absolute atomic E-state index is 12.6. The molecule has 1 aliphatic rings. The average Bonchev–Trinajstić information content (AvgIpc) is 2.81. The Balaban J connectivity index is 2.26. The van der Waals surface area contributed by atoms with Gasteiger partial charge in [0, 0.05) is 13.1 Å². The molecule has 1 aliphatic heterocycles. The highest BCUT2D eigenvalue weighted by Crippen LogP contribution is 2.29. The Hall–Kier alpha value is -0.950. The quantitative estimate of drug-likeness (QED) is 0.843. The summed E-state index contributed by atoms with van der Waals surface area (Å²) in [5.74, 6) is 0.193. The third-order valence-corrected chi connectivity index (χ3v) is 5.87. The molecule has 112 valence electrons. The molecule has 20 heavy (non-hydrogen) atoms. The lowest BCUT2D eigenvalue weighted by atomic mass is 10.0. The van der Waals surface area contributed by atoms with Crippen LogP contribution in [0.15, 0.2) is 29.2 Å². The van der Waals surface area contributed by atoms with Gasteiger partial charge in [0.05, 0.1) is 17.5 Å². The van der Waals surface area contributed by atoms with Gasteiger partial charge in [-0.05, 0) is 37.1 Å². The summed E-state index contributed by atoms with van der Waals surface area (Å²) in [7, 11) is -1.66. The standard InChI is InChI=1S/C14H22N2O3S/c1-11-7-8-16(14(11)10-17)20(18,19)13-5-3-12(4-6-13)9-15-2/h3-6,11,14-15,17H,7-10H2,1-2H3. The van der Waals surface area contributed by atoms with Crippen LogP contribution in [0.5, 0.6) is 0 Å². The van der Waals surface area contributed by atoms with Crippen LogP contribution in [-0.4, -0.2) is 44.1 Å². The van der Waals surface area contributed by atoms with Crippen LogP contribution >= 0.6 is 0 Å². The molecule has 2 N–H and O–H groups in total. The van der Waals surface area contributed by atoms with Gasteiger partial charge >= 0.3 is 0 Å². The van der Waals surface area contributed by atoms with Crippen LogP contribution in [0.4, 0.5) is 0 Å². The van der Waals surface area contributed by atoms with Crippen molar-refractivity contribution in [2.45, 2.75) is 30.8 Å². The number of rotatable bonds is 5. The van der Waals surface area contributed by atoms with Crippen molar-refractivity contribution in [1.29, 1.82) is 0 Å². The molecule has 1 fully saturated rings. The van der Waals surface area contributed by atoms with Crippen LogP contribution in [0, 0.1) is 5.92 Å². The molecule has 2 rings (SSSR count). The predicted octanol–water partition coefficient (Wildman–Crippen LogP) is 0.797. The summed E-state index contributed by atoms with van der Waals surface area (Å²) in [6.45, 7) is 3.04. The molecule has 0 aliphatic carbocycles. The number of hydrogen-bond acceptors (Lipinski definition) is 4. The van der Waals surface area contributed by atoms with E-state index in [0.717, 1.165) is 12.0 Å². The van der Waals surface area contributed by atoms with Crippen molar-refractivity contribution in [3.05, 3.63) is 29.8 Å². The van der Waals surface area contributed by atoms with Gasteiger partial charge in [0.25, 0.3) is 0 Å². The molecular weight excluding hydrogens is 276 g/mol. The molecule has 0 saturated carbocycles. The summed E-state index contributed by atoms with van der Waals surface area (Å²) < 4.78 is 26.7. The Morgan fingerprint density at radius 3 is 2.55 bits per heavy atom. The number of nitrogens with zero attached hydrogens (tertiary/aromatic N) is 1. The van der Waals surface area contributed by atoms with Gasteiger partial charge in [-0.25, -0.2) is 8.42 Å². The van der Waals surface area contributed by atoms with Crippen molar-refractivity contribution in [1.82, 2.24) is 9.62 Å². The van der Waals surface area contributed by atoms with Crippen LogP contribution in [0.25, 0.3) is 0 Å². The number of aliphatic hydroxyl groups is 1. The molecule has 0 bridgehead atoms. The summed E-state index contributed by atoms with van der Waals surface area (Å²) in [6.07, 6.45) is 0.794. The fourth-order valence-electron chi connectivity index (χ4n) is 2.66. The molecule has 0 spiro atoms. The van der Waals surface area contributed by atoms with E-state index in [0.29, 0.717) is 18.0 Å².